The number of halogens is 1. The maximum absolute atomic E-state index is 13.8. The Kier molecular flexibility index (Phi) is 5.76. The van der Waals surface area contributed by atoms with Crippen molar-refractivity contribution in [1.29, 1.82) is 0 Å². The van der Waals surface area contributed by atoms with Gasteiger partial charge in [-0.25, -0.2) is 0 Å². The van der Waals surface area contributed by atoms with Gasteiger partial charge in [-0.05, 0) is 55.0 Å². The lowest BCUT2D eigenvalue weighted by atomic mass is 9.97. The summed E-state index contributed by atoms with van der Waals surface area (Å²) in [6.07, 6.45) is 0. The van der Waals surface area contributed by atoms with Crippen molar-refractivity contribution in [2.24, 2.45) is 0 Å². The van der Waals surface area contributed by atoms with Crippen LogP contribution in [-0.4, -0.2) is 27.2 Å². The van der Waals surface area contributed by atoms with E-state index in [1.165, 1.54) is 21.3 Å². The van der Waals surface area contributed by atoms with Crippen LogP contribution in [0.1, 0.15) is 33.3 Å². The predicted molar refractivity (Wildman–Crippen MR) is 136 cm³/mol. The zero-order valence-electron chi connectivity index (χ0n) is 19.5. The number of carbonyl (C=O) groups is 1. The van der Waals surface area contributed by atoms with Crippen LogP contribution in [0.4, 0.5) is 5.69 Å². The molecule has 3 aromatic carbocycles. The van der Waals surface area contributed by atoms with Crippen LogP contribution in [0.15, 0.2) is 68.3 Å². The van der Waals surface area contributed by atoms with Crippen molar-refractivity contribution < 1.29 is 23.4 Å². The number of fused-ring (bicyclic) bond motifs is 2. The van der Waals surface area contributed by atoms with Gasteiger partial charge in [0.15, 0.2) is 16.9 Å². The Balaban J connectivity index is 1.85. The first kappa shape index (κ1) is 23.0. The van der Waals surface area contributed by atoms with E-state index >= 15 is 0 Å². The molecule has 1 atom stereocenters. The Morgan fingerprint density at radius 1 is 0.914 bits per heavy atom. The lowest BCUT2D eigenvalue weighted by Gasteiger charge is -2.26. The van der Waals surface area contributed by atoms with E-state index in [1.54, 1.807) is 29.2 Å². The third-order valence-corrected chi connectivity index (χ3v) is 6.61. The van der Waals surface area contributed by atoms with Crippen molar-refractivity contribution in [3.05, 3.63) is 91.7 Å². The smallest absolute Gasteiger partial charge is 0.295 e. The number of methoxy groups -OCH3 is 3. The Hall–Kier alpha value is -3.78. The fourth-order valence-corrected chi connectivity index (χ4v) is 4.94. The van der Waals surface area contributed by atoms with Gasteiger partial charge in [0.05, 0.1) is 38.3 Å². The highest BCUT2D eigenvalue weighted by molar-refractivity contribution is 9.10. The average Bonchev–Trinajstić information content (AvgIpc) is 3.16. The zero-order chi connectivity index (χ0) is 24.9. The van der Waals surface area contributed by atoms with E-state index in [-0.39, 0.29) is 16.8 Å². The van der Waals surface area contributed by atoms with E-state index in [2.05, 4.69) is 15.9 Å². The second-order valence-electron chi connectivity index (χ2n) is 8.19. The van der Waals surface area contributed by atoms with Crippen molar-refractivity contribution >= 4 is 38.5 Å². The fourth-order valence-electron chi connectivity index (χ4n) is 4.55. The number of hydrogen-bond acceptors (Lipinski definition) is 6. The zero-order valence-corrected chi connectivity index (χ0v) is 21.1. The van der Waals surface area contributed by atoms with Gasteiger partial charge in [-0.15, -0.1) is 0 Å². The molecule has 1 unspecified atom stereocenters. The van der Waals surface area contributed by atoms with Crippen molar-refractivity contribution in [2.75, 3.05) is 26.2 Å². The van der Waals surface area contributed by atoms with Gasteiger partial charge < -0.3 is 18.6 Å². The van der Waals surface area contributed by atoms with Gasteiger partial charge in [0.1, 0.15) is 5.58 Å². The van der Waals surface area contributed by atoms with Gasteiger partial charge in [-0.3, -0.25) is 14.5 Å². The molecule has 1 amide bonds. The average molecular weight is 536 g/mol. The van der Waals surface area contributed by atoms with Crippen molar-refractivity contribution in [1.82, 2.24) is 0 Å². The van der Waals surface area contributed by atoms with Crippen molar-refractivity contribution in [2.45, 2.75) is 13.0 Å². The summed E-state index contributed by atoms with van der Waals surface area (Å²) in [4.78, 5) is 29.2. The van der Waals surface area contributed by atoms with E-state index in [1.807, 2.05) is 37.3 Å². The second-order valence-corrected chi connectivity index (χ2v) is 9.11. The number of carbonyl (C=O) groups excluding carboxylic acids is 1. The summed E-state index contributed by atoms with van der Waals surface area (Å²) in [5, 5.41) is 0.421. The first-order valence-electron chi connectivity index (χ1n) is 10.8. The van der Waals surface area contributed by atoms with Crippen LogP contribution in [0.25, 0.3) is 11.0 Å². The molecule has 0 saturated carbocycles. The second kappa shape index (κ2) is 8.78. The lowest BCUT2D eigenvalue weighted by Crippen LogP contribution is -2.29. The summed E-state index contributed by atoms with van der Waals surface area (Å²) in [7, 11) is 4.56. The van der Waals surface area contributed by atoms with E-state index in [0.29, 0.717) is 39.5 Å². The summed E-state index contributed by atoms with van der Waals surface area (Å²) in [5.74, 6) is 0.857. The van der Waals surface area contributed by atoms with Crippen LogP contribution in [0, 0.1) is 6.92 Å². The SMILES string of the molecule is COc1cc(C2c3c(oc4ccc(C)cc4c3=O)C(=O)N2c2cccc(Br)c2)cc(OC)c1OC. The third kappa shape index (κ3) is 3.65. The molecule has 1 aliphatic heterocycles. The number of hydrogen-bond donors (Lipinski definition) is 0. The fraction of sp³-hybridized carbons (Fsp3) is 0.185. The number of benzene rings is 3. The van der Waals surface area contributed by atoms with Crippen LogP contribution < -0.4 is 24.5 Å². The minimum Gasteiger partial charge on any atom is -0.493 e. The molecule has 7 nitrogen and oxygen atoms in total. The maximum Gasteiger partial charge on any atom is 0.295 e. The highest BCUT2D eigenvalue weighted by Gasteiger charge is 2.44. The van der Waals surface area contributed by atoms with E-state index in [4.69, 9.17) is 18.6 Å². The molecule has 0 radical (unpaired) electrons. The summed E-state index contributed by atoms with van der Waals surface area (Å²) < 4.78 is 23.4. The predicted octanol–water partition coefficient (Wildman–Crippen LogP) is 5.64. The minimum atomic E-state index is -0.776. The van der Waals surface area contributed by atoms with Gasteiger partial charge in [-0.1, -0.05) is 33.6 Å². The molecular weight excluding hydrogens is 514 g/mol. The van der Waals surface area contributed by atoms with E-state index in [0.717, 1.165) is 10.0 Å². The molecule has 1 aliphatic rings. The largest absolute Gasteiger partial charge is 0.493 e. The number of aryl methyl sites for hydroxylation is 1. The monoisotopic (exact) mass is 535 g/mol. The lowest BCUT2D eigenvalue weighted by molar-refractivity contribution is 0.0971. The molecule has 2 heterocycles. The number of amides is 1. The van der Waals surface area contributed by atoms with Crippen LogP contribution in [-0.2, 0) is 0 Å². The molecule has 35 heavy (non-hydrogen) atoms. The van der Waals surface area contributed by atoms with Gasteiger partial charge in [0.25, 0.3) is 5.91 Å². The summed E-state index contributed by atoms with van der Waals surface area (Å²) >= 11 is 3.48. The molecule has 4 aromatic rings. The molecule has 1 aromatic heterocycles. The highest BCUT2D eigenvalue weighted by Crippen LogP contribution is 2.46. The molecule has 0 spiro atoms. The Bertz CT molecular complexity index is 1520. The molecule has 0 aliphatic carbocycles. The van der Waals surface area contributed by atoms with Crippen LogP contribution in [0.5, 0.6) is 17.2 Å². The summed E-state index contributed by atoms with van der Waals surface area (Å²) in [6.45, 7) is 1.90. The number of anilines is 1. The van der Waals surface area contributed by atoms with E-state index in [9.17, 15) is 9.59 Å². The summed E-state index contributed by atoms with van der Waals surface area (Å²) in [5.41, 5.74) is 2.52. The number of nitrogens with zero attached hydrogens (tertiary/aromatic N) is 1. The number of rotatable bonds is 5. The molecule has 0 bridgehead atoms. The Morgan fingerprint density at radius 2 is 1.63 bits per heavy atom. The molecule has 8 heteroatoms. The quantitative estimate of drug-likeness (QED) is 0.329. The van der Waals surface area contributed by atoms with Crippen molar-refractivity contribution in [3.8, 4) is 17.2 Å². The molecule has 0 fully saturated rings. The molecule has 5 rings (SSSR count). The first-order chi connectivity index (χ1) is 16.9. The van der Waals surface area contributed by atoms with Gasteiger partial charge in [0.2, 0.25) is 11.5 Å². The minimum absolute atomic E-state index is 0.0186. The van der Waals surface area contributed by atoms with Gasteiger partial charge >= 0.3 is 0 Å². The highest BCUT2D eigenvalue weighted by atomic mass is 79.9. The van der Waals surface area contributed by atoms with Crippen molar-refractivity contribution in [3.63, 3.8) is 0 Å². The molecule has 0 saturated heterocycles. The first-order valence-corrected chi connectivity index (χ1v) is 11.6. The molecular formula is C27H22BrNO6. The maximum atomic E-state index is 13.8. The van der Waals surface area contributed by atoms with Gasteiger partial charge in [-0.2, -0.15) is 0 Å². The van der Waals surface area contributed by atoms with E-state index < -0.39 is 11.9 Å². The normalized spacial score (nSPS) is 14.8. The third-order valence-electron chi connectivity index (χ3n) is 6.11. The topological polar surface area (TPSA) is 78.2 Å². The molecule has 0 N–H and O–H groups in total. The van der Waals surface area contributed by atoms with Crippen LogP contribution in [0.3, 0.4) is 0 Å². The van der Waals surface area contributed by atoms with Crippen LogP contribution >= 0.6 is 15.9 Å². The Labute approximate surface area is 210 Å². The summed E-state index contributed by atoms with van der Waals surface area (Å²) in [6, 6.07) is 15.4. The Morgan fingerprint density at radius 3 is 2.26 bits per heavy atom. The number of ether oxygens (including phenoxy) is 3. The van der Waals surface area contributed by atoms with Crippen LogP contribution in [0.2, 0.25) is 0 Å². The molecule has 178 valence electrons. The van der Waals surface area contributed by atoms with Gasteiger partial charge in [0, 0.05) is 10.2 Å². The standard InChI is InChI=1S/C27H22BrNO6/c1-14-8-9-19-18(10-14)24(30)22-23(15-11-20(32-2)25(34-4)21(12-15)33-3)29(27(31)26(22)35-19)17-7-5-6-16(28)13-17/h5-13,23H,1-4H3.